The van der Waals surface area contributed by atoms with E-state index in [1.165, 1.54) is 29.5 Å². The summed E-state index contributed by atoms with van der Waals surface area (Å²) in [6.45, 7) is 3.23. The number of benzene rings is 3. The Bertz CT molecular complexity index is 1930. The Balaban J connectivity index is 1.14. The molecule has 0 radical (unpaired) electrons. The van der Waals surface area contributed by atoms with Gasteiger partial charge in [0.05, 0.1) is 24.6 Å². The molecule has 0 spiro atoms. The first-order valence-electron chi connectivity index (χ1n) is 14.0. The molecule has 0 bridgehead atoms. The Morgan fingerprint density at radius 3 is 2.45 bits per heavy atom. The number of halogens is 1. The number of thiazole rings is 1. The third kappa shape index (κ3) is 5.93. The lowest BCUT2D eigenvalue weighted by molar-refractivity contribution is 0.122. The van der Waals surface area contributed by atoms with Crippen LogP contribution < -0.4 is 20.9 Å². The van der Waals surface area contributed by atoms with Crippen molar-refractivity contribution in [3.63, 3.8) is 0 Å². The molecule has 3 N–H and O–H groups in total. The van der Waals surface area contributed by atoms with Crippen LogP contribution in [-0.2, 0) is 4.74 Å². The number of ether oxygens (including phenoxy) is 1. The normalized spacial score (nSPS) is 13.2. The van der Waals surface area contributed by atoms with Crippen molar-refractivity contribution >= 4 is 51.0 Å². The number of aromatic nitrogens is 4. The van der Waals surface area contributed by atoms with Crippen LogP contribution in [0.1, 0.15) is 0 Å². The van der Waals surface area contributed by atoms with Gasteiger partial charge in [-0.15, -0.1) is 11.3 Å². The van der Waals surface area contributed by atoms with Crippen molar-refractivity contribution in [1.82, 2.24) is 19.4 Å². The lowest BCUT2D eigenvalue weighted by atomic mass is 10.1. The van der Waals surface area contributed by atoms with Gasteiger partial charge >= 0.3 is 6.03 Å². The van der Waals surface area contributed by atoms with Gasteiger partial charge in [0.2, 0.25) is 5.95 Å². The summed E-state index contributed by atoms with van der Waals surface area (Å²) in [5.74, 6) is 0.0315. The van der Waals surface area contributed by atoms with Crippen LogP contribution in [0.4, 0.5) is 37.9 Å². The summed E-state index contributed by atoms with van der Waals surface area (Å²) >= 11 is 1.52. The molecule has 2 amide bonds. The molecule has 0 aliphatic carbocycles. The number of fused-ring (bicyclic) bond motifs is 1. The second kappa shape index (κ2) is 12.1. The monoisotopic (exact) mass is 606 g/mol. The smallest absolute Gasteiger partial charge is 0.323 e. The molecule has 1 aliphatic rings. The van der Waals surface area contributed by atoms with Gasteiger partial charge in [-0.3, -0.25) is 4.40 Å². The Morgan fingerprint density at radius 2 is 1.66 bits per heavy atom. The summed E-state index contributed by atoms with van der Waals surface area (Å²) in [7, 11) is 0. The zero-order chi connectivity index (χ0) is 29.9. The van der Waals surface area contributed by atoms with Crippen molar-refractivity contribution in [1.29, 1.82) is 0 Å². The van der Waals surface area contributed by atoms with E-state index in [0.29, 0.717) is 28.7 Å². The topological polar surface area (TPSA) is 109 Å². The summed E-state index contributed by atoms with van der Waals surface area (Å²) in [6.07, 6.45) is 3.68. The molecule has 1 fully saturated rings. The van der Waals surface area contributed by atoms with Crippen LogP contribution >= 0.6 is 11.3 Å². The van der Waals surface area contributed by atoms with Gasteiger partial charge in [0.15, 0.2) is 4.96 Å². The molecule has 3 aromatic heterocycles. The van der Waals surface area contributed by atoms with Crippen molar-refractivity contribution in [3.05, 3.63) is 102 Å². The van der Waals surface area contributed by atoms with Crippen LogP contribution in [0.3, 0.4) is 0 Å². The summed E-state index contributed by atoms with van der Waals surface area (Å²) in [5, 5.41) is 10.8. The van der Waals surface area contributed by atoms with Crippen LogP contribution in [-0.4, -0.2) is 51.7 Å². The Morgan fingerprint density at radius 1 is 0.886 bits per heavy atom. The first-order valence-corrected chi connectivity index (χ1v) is 14.9. The Labute approximate surface area is 256 Å². The van der Waals surface area contributed by atoms with Crippen molar-refractivity contribution in [3.8, 4) is 22.6 Å². The van der Waals surface area contributed by atoms with E-state index in [2.05, 4.69) is 38.0 Å². The average Bonchev–Trinajstić information content (AvgIpc) is 3.64. The summed E-state index contributed by atoms with van der Waals surface area (Å²) in [4.78, 5) is 29.9. The maximum Gasteiger partial charge on any atom is 0.323 e. The van der Waals surface area contributed by atoms with Crippen LogP contribution in [0, 0.1) is 5.82 Å². The van der Waals surface area contributed by atoms with Gasteiger partial charge < -0.3 is 25.6 Å². The van der Waals surface area contributed by atoms with E-state index >= 15 is 0 Å². The fraction of sp³-hybridized carbons (Fsp3) is 0.125. The second-order valence-corrected chi connectivity index (χ2v) is 10.9. The zero-order valence-electron chi connectivity index (χ0n) is 23.4. The predicted octanol–water partition coefficient (Wildman–Crippen LogP) is 6.88. The fourth-order valence-corrected chi connectivity index (χ4v) is 5.81. The van der Waals surface area contributed by atoms with E-state index < -0.39 is 11.8 Å². The number of urea groups is 1. The van der Waals surface area contributed by atoms with Gasteiger partial charge in [-0.05, 0) is 60.7 Å². The van der Waals surface area contributed by atoms with Crippen molar-refractivity contribution in [2.75, 3.05) is 47.2 Å². The predicted molar refractivity (Wildman–Crippen MR) is 171 cm³/mol. The van der Waals surface area contributed by atoms with Crippen LogP contribution in [0.2, 0.25) is 0 Å². The number of carbonyl (C=O) groups excluding carboxylic acids is 1. The van der Waals surface area contributed by atoms with Gasteiger partial charge in [-0.1, -0.05) is 18.2 Å². The summed E-state index contributed by atoms with van der Waals surface area (Å²) in [6, 6.07) is 22.7. The minimum Gasteiger partial charge on any atom is -0.378 e. The van der Waals surface area contributed by atoms with E-state index in [4.69, 9.17) is 14.7 Å². The zero-order valence-corrected chi connectivity index (χ0v) is 24.2. The van der Waals surface area contributed by atoms with E-state index in [9.17, 15) is 9.18 Å². The molecule has 1 aliphatic heterocycles. The molecule has 6 aromatic rings. The van der Waals surface area contributed by atoms with Crippen molar-refractivity contribution in [2.24, 2.45) is 0 Å². The largest absolute Gasteiger partial charge is 0.378 e. The first-order chi connectivity index (χ1) is 21.6. The second-order valence-electron chi connectivity index (χ2n) is 10.1. The van der Waals surface area contributed by atoms with Gasteiger partial charge in [-0.2, -0.15) is 0 Å². The highest BCUT2D eigenvalue weighted by atomic mass is 32.1. The molecular formula is C32H27FN8O2S. The number of amides is 2. The number of nitrogens with one attached hydrogen (secondary N) is 3. The number of rotatable bonds is 7. The lowest BCUT2D eigenvalue weighted by Crippen LogP contribution is -2.36. The maximum atomic E-state index is 13.5. The molecule has 0 saturated carbocycles. The highest BCUT2D eigenvalue weighted by Gasteiger charge is 2.19. The van der Waals surface area contributed by atoms with Crippen molar-refractivity contribution < 1.29 is 13.9 Å². The van der Waals surface area contributed by atoms with Crippen LogP contribution in [0.5, 0.6) is 0 Å². The fourth-order valence-electron chi connectivity index (χ4n) is 5.09. The quantitative estimate of drug-likeness (QED) is 0.182. The minimum absolute atomic E-state index is 0.358. The number of carbonyl (C=O) groups is 1. The summed E-state index contributed by atoms with van der Waals surface area (Å²) < 4.78 is 21.0. The summed E-state index contributed by atoms with van der Waals surface area (Å²) in [5.41, 5.74) is 5.95. The highest BCUT2D eigenvalue weighted by molar-refractivity contribution is 7.15. The number of anilines is 5. The molecule has 0 unspecified atom stereocenters. The molecule has 220 valence electrons. The molecule has 1 saturated heterocycles. The number of hydrogen-bond acceptors (Lipinski definition) is 8. The van der Waals surface area contributed by atoms with Crippen molar-refractivity contribution in [2.45, 2.75) is 0 Å². The highest BCUT2D eigenvalue weighted by Crippen LogP contribution is 2.35. The van der Waals surface area contributed by atoms with Crippen LogP contribution in [0.25, 0.3) is 27.6 Å². The third-order valence-electron chi connectivity index (χ3n) is 7.14. The number of morpholine rings is 1. The molecular weight excluding hydrogens is 579 g/mol. The van der Waals surface area contributed by atoms with E-state index in [1.807, 2.05) is 52.4 Å². The van der Waals surface area contributed by atoms with Gasteiger partial charge in [-0.25, -0.2) is 24.1 Å². The molecule has 10 nitrogen and oxygen atoms in total. The van der Waals surface area contributed by atoms with E-state index in [1.54, 1.807) is 18.3 Å². The number of nitrogens with zero attached hydrogens (tertiary/aromatic N) is 5. The van der Waals surface area contributed by atoms with Gasteiger partial charge in [0, 0.05) is 59.2 Å². The van der Waals surface area contributed by atoms with E-state index in [0.717, 1.165) is 53.9 Å². The SMILES string of the molecule is O=C(Nc1cccc(F)c1)Nc1cccc(-c2nc3sccn3c2-c2ccnc(Nc3ccc(N4CCOCC4)cc3)n2)c1. The molecule has 3 aromatic carbocycles. The standard InChI is InChI=1S/C32H27FN8O2S/c33-22-4-2-6-25(20-22)37-31(42)36-24-5-1-3-21(19-24)28-29(41-15-18-44-32(41)39-28)27-11-12-34-30(38-27)35-23-7-9-26(10-8-23)40-13-16-43-17-14-40/h1-12,15,18-20H,13-14,16-17H2,(H,34,35,38)(H2,36,37,42). The molecule has 7 rings (SSSR count). The molecule has 0 atom stereocenters. The maximum absolute atomic E-state index is 13.5. The third-order valence-corrected chi connectivity index (χ3v) is 7.89. The van der Waals surface area contributed by atoms with E-state index in [-0.39, 0.29) is 0 Å². The van der Waals surface area contributed by atoms with Gasteiger partial charge in [0.25, 0.3) is 0 Å². The minimum atomic E-state index is -0.483. The van der Waals surface area contributed by atoms with Gasteiger partial charge in [0.1, 0.15) is 11.5 Å². The Hall–Kier alpha value is -5.33. The number of imidazole rings is 1. The molecule has 44 heavy (non-hydrogen) atoms. The Kier molecular flexibility index (Phi) is 7.57. The lowest BCUT2D eigenvalue weighted by Gasteiger charge is -2.28. The average molecular weight is 607 g/mol. The number of hydrogen-bond donors (Lipinski definition) is 3. The molecule has 4 heterocycles. The van der Waals surface area contributed by atoms with Crippen LogP contribution in [0.15, 0.2) is 96.6 Å². The molecule has 12 heteroatoms. The first kappa shape index (κ1) is 27.5.